The second-order valence-electron chi connectivity index (χ2n) is 6.65. The van der Waals surface area contributed by atoms with Gasteiger partial charge in [-0.1, -0.05) is 31.0 Å². The maximum atomic E-state index is 12.3. The number of aliphatic imine (C=N–C) groups is 1. The van der Waals surface area contributed by atoms with Crippen molar-refractivity contribution in [3.8, 4) is 0 Å². The third-order valence-corrected chi connectivity index (χ3v) is 8.10. The van der Waals surface area contributed by atoms with Gasteiger partial charge >= 0.3 is 0 Å². The van der Waals surface area contributed by atoms with Crippen LogP contribution >= 0.6 is 11.6 Å². The Kier molecular flexibility index (Phi) is 9.20. The number of nitrogens with one attached hydrogen (secondary N) is 3. The quantitative estimate of drug-likeness (QED) is 0.320. The summed E-state index contributed by atoms with van der Waals surface area (Å²) in [5.74, 6) is 1.31. The van der Waals surface area contributed by atoms with Crippen molar-refractivity contribution in [2.45, 2.75) is 48.8 Å². The maximum Gasteiger partial charge on any atom is 0.240 e. The molecule has 3 unspecified atom stereocenters. The summed E-state index contributed by atoms with van der Waals surface area (Å²) in [6.45, 7) is 2.55. The molecule has 7 nitrogen and oxygen atoms in total. The standard InChI is InChI=1S/C18H29ClN4O3S2/c1-3-27(24)16-8-5-7-15(13-16)23-18(20-2)21-10-11-22-28(25,26)17-9-4-6-14(19)12-17/h4,6,9,12,15-16,22H,3,5,7-8,10-11,13H2,1-2H3,(H2,20,21,23). The zero-order chi connectivity index (χ0) is 20.6. The Hall–Kier alpha value is -1.16. The molecule has 0 aliphatic heterocycles. The summed E-state index contributed by atoms with van der Waals surface area (Å²) >= 11 is 5.86. The van der Waals surface area contributed by atoms with Gasteiger partial charge in [-0.15, -0.1) is 0 Å². The van der Waals surface area contributed by atoms with Gasteiger partial charge in [0.1, 0.15) is 0 Å². The molecule has 1 aliphatic carbocycles. The number of hydrogen-bond donors (Lipinski definition) is 3. The van der Waals surface area contributed by atoms with Gasteiger partial charge in [-0.25, -0.2) is 13.1 Å². The summed E-state index contributed by atoms with van der Waals surface area (Å²) in [5, 5.41) is 7.09. The van der Waals surface area contributed by atoms with Crippen molar-refractivity contribution >= 4 is 38.4 Å². The van der Waals surface area contributed by atoms with Crippen LogP contribution in [0.2, 0.25) is 5.02 Å². The molecule has 1 fully saturated rings. The highest BCUT2D eigenvalue weighted by Gasteiger charge is 2.26. The summed E-state index contributed by atoms with van der Waals surface area (Å²) in [7, 11) is -2.70. The second kappa shape index (κ2) is 11.1. The van der Waals surface area contributed by atoms with Crippen LogP contribution in [0.1, 0.15) is 32.6 Å². The van der Waals surface area contributed by atoms with Gasteiger partial charge in [0.25, 0.3) is 0 Å². The van der Waals surface area contributed by atoms with Crippen molar-refractivity contribution in [2.24, 2.45) is 4.99 Å². The van der Waals surface area contributed by atoms with Gasteiger partial charge in [0, 0.05) is 53.0 Å². The number of rotatable bonds is 8. The lowest BCUT2D eigenvalue weighted by molar-refractivity contribution is 0.413. The largest absolute Gasteiger partial charge is 0.355 e. The number of benzene rings is 1. The lowest BCUT2D eigenvalue weighted by Crippen LogP contribution is -2.48. The van der Waals surface area contributed by atoms with Crippen LogP contribution in [0.25, 0.3) is 0 Å². The Labute approximate surface area is 175 Å². The zero-order valence-electron chi connectivity index (χ0n) is 16.3. The third kappa shape index (κ3) is 7.02. The predicted molar refractivity (Wildman–Crippen MR) is 116 cm³/mol. The SMILES string of the molecule is CCS(=O)C1CCCC(NC(=NC)NCCNS(=O)(=O)c2cccc(Cl)c2)C1. The number of hydrogen-bond acceptors (Lipinski definition) is 4. The van der Waals surface area contributed by atoms with Crippen molar-refractivity contribution in [1.82, 2.24) is 15.4 Å². The number of halogens is 1. The molecule has 0 amide bonds. The lowest BCUT2D eigenvalue weighted by atomic mass is 9.95. The summed E-state index contributed by atoms with van der Waals surface area (Å²) in [6.07, 6.45) is 3.93. The molecule has 0 bridgehead atoms. The average molecular weight is 449 g/mol. The van der Waals surface area contributed by atoms with Gasteiger partial charge in [-0.05, 0) is 37.5 Å². The molecule has 1 saturated carbocycles. The fourth-order valence-electron chi connectivity index (χ4n) is 3.22. The van der Waals surface area contributed by atoms with Crippen LogP contribution < -0.4 is 15.4 Å². The van der Waals surface area contributed by atoms with Crippen molar-refractivity contribution < 1.29 is 12.6 Å². The molecule has 2 rings (SSSR count). The fraction of sp³-hybridized carbons (Fsp3) is 0.611. The molecule has 158 valence electrons. The summed E-state index contributed by atoms with van der Waals surface area (Å²) < 4.78 is 39.2. The molecule has 1 aliphatic rings. The van der Waals surface area contributed by atoms with E-state index in [1.165, 1.54) is 12.1 Å². The highest BCUT2D eigenvalue weighted by Crippen LogP contribution is 2.23. The number of sulfonamides is 1. The first-order valence-corrected chi connectivity index (χ1v) is 12.7. The van der Waals surface area contributed by atoms with E-state index in [0.29, 0.717) is 23.3 Å². The van der Waals surface area contributed by atoms with Crippen molar-refractivity contribution in [2.75, 3.05) is 25.9 Å². The normalized spacial score (nSPS) is 21.9. The molecule has 1 aromatic rings. The predicted octanol–water partition coefficient (Wildman–Crippen LogP) is 1.86. The van der Waals surface area contributed by atoms with E-state index in [1.807, 2.05) is 6.92 Å². The minimum absolute atomic E-state index is 0.139. The summed E-state index contributed by atoms with van der Waals surface area (Å²) in [5.41, 5.74) is 0. The Morgan fingerprint density at radius 1 is 1.32 bits per heavy atom. The minimum Gasteiger partial charge on any atom is -0.355 e. The smallest absolute Gasteiger partial charge is 0.240 e. The topological polar surface area (TPSA) is 99.7 Å². The van der Waals surface area contributed by atoms with Gasteiger partial charge in [-0.3, -0.25) is 9.20 Å². The molecule has 0 saturated heterocycles. The summed E-state index contributed by atoms with van der Waals surface area (Å²) in [4.78, 5) is 4.34. The first-order chi connectivity index (χ1) is 13.4. The van der Waals surface area contributed by atoms with E-state index in [1.54, 1.807) is 19.2 Å². The van der Waals surface area contributed by atoms with E-state index in [-0.39, 0.29) is 22.7 Å². The van der Waals surface area contributed by atoms with Crippen LogP contribution in [-0.4, -0.2) is 55.8 Å². The molecule has 0 radical (unpaired) electrons. The highest BCUT2D eigenvalue weighted by atomic mass is 35.5. The van der Waals surface area contributed by atoms with Crippen molar-refractivity contribution in [3.63, 3.8) is 0 Å². The first kappa shape index (κ1) is 23.1. The van der Waals surface area contributed by atoms with Crippen LogP contribution in [-0.2, 0) is 20.8 Å². The van der Waals surface area contributed by atoms with Crippen molar-refractivity contribution in [1.29, 1.82) is 0 Å². The molecule has 28 heavy (non-hydrogen) atoms. The monoisotopic (exact) mass is 448 g/mol. The molecular formula is C18H29ClN4O3S2. The Morgan fingerprint density at radius 2 is 2.11 bits per heavy atom. The fourth-order valence-corrected chi connectivity index (χ4v) is 5.90. The number of guanidine groups is 1. The maximum absolute atomic E-state index is 12.3. The van der Waals surface area contributed by atoms with E-state index in [2.05, 4.69) is 20.3 Å². The van der Waals surface area contributed by atoms with Gasteiger partial charge in [-0.2, -0.15) is 0 Å². The van der Waals surface area contributed by atoms with Crippen LogP contribution in [0.15, 0.2) is 34.2 Å². The molecule has 3 N–H and O–H groups in total. The molecule has 10 heteroatoms. The van der Waals surface area contributed by atoms with Gasteiger partial charge in [0.05, 0.1) is 4.90 Å². The third-order valence-electron chi connectivity index (χ3n) is 4.66. The molecule has 0 heterocycles. The van der Waals surface area contributed by atoms with Gasteiger partial charge in [0.15, 0.2) is 5.96 Å². The van der Waals surface area contributed by atoms with Crippen LogP contribution in [0, 0.1) is 0 Å². The molecule has 0 aromatic heterocycles. The lowest BCUT2D eigenvalue weighted by Gasteiger charge is -2.30. The highest BCUT2D eigenvalue weighted by molar-refractivity contribution is 7.89. The number of nitrogens with zero attached hydrogens (tertiary/aromatic N) is 1. The van der Waals surface area contributed by atoms with Crippen LogP contribution in [0.3, 0.4) is 0 Å². The van der Waals surface area contributed by atoms with Crippen LogP contribution in [0.4, 0.5) is 0 Å². The van der Waals surface area contributed by atoms with Crippen LogP contribution in [0.5, 0.6) is 0 Å². The second-order valence-corrected chi connectivity index (χ2v) is 10.9. The first-order valence-electron chi connectivity index (χ1n) is 9.45. The van der Waals surface area contributed by atoms with Gasteiger partial charge in [0.2, 0.25) is 10.0 Å². The zero-order valence-corrected chi connectivity index (χ0v) is 18.7. The van der Waals surface area contributed by atoms with E-state index in [4.69, 9.17) is 11.6 Å². The van der Waals surface area contributed by atoms with E-state index < -0.39 is 20.8 Å². The minimum atomic E-state index is -3.60. The Bertz CT molecular complexity index is 802. The Balaban J connectivity index is 1.79. The molecule has 1 aromatic carbocycles. The van der Waals surface area contributed by atoms with E-state index >= 15 is 0 Å². The average Bonchev–Trinajstić information content (AvgIpc) is 2.69. The Morgan fingerprint density at radius 3 is 2.79 bits per heavy atom. The molecule has 0 spiro atoms. The van der Waals surface area contributed by atoms with E-state index in [9.17, 15) is 12.6 Å². The summed E-state index contributed by atoms with van der Waals surface area (Å²) in [6, 6.07) is 6.37. The molecular weight excluding hydrogens is 420 g/mol. The van der Waals surface area contributed by atoms with E-state index in [0.717, 1.165) is 25.7 Å². The van der Waals surface area contributed by atoms with Crippen molar-refractivity contribution in [3.05, 3.63) is 29.3 Å². The molecule has 3 atom stereocenters. The van der Waals surface area contributed by atoms with Gasteiger partial charge < -0.3 is 10.6 Å².